The number of carbonyl (C=O) groups excluding carboxylic acids is 1. The summed E-state index contributed by atoms with van der Waals surface area (Å²) in [6.45, 7) is -0.0240. The van der Waals surface area contributed by atoms with Crippen LogP contribution in [0.3, 0.4) is 0 Å². The van der Waals surface area contributed by atoms with Crippen molar-refractivity contribution < 1.29 is 19.0 Å². The van der Waals surface area contributed by atoms with Gasteiger partial charge in [0.05, 0.1) is 24.5 Å². The van der Waals surface area contributed by atoms with Crippen molar-refractivity contribution in [3.8, 4) is 5.69 Å². The molecule has 0 aliphatic carbocycles. The third-order valence-corrected chi connectivity index (χ3v) is 3.20. The van der Waals surface area contributed by atoms with E-state index in [4.69, 9.17) is 9.84 Å². The van der Waals surface area contributed by atoms with Crippen LogP contribution in [-0.4, -0.2) is 35.0 Å². The summed E-state index contributed by atoms with van der Waals surface area (Å²) >= 11 is 0. The summed E-state index contributed by atoms with van der Waals surface area (Å²) in [4.78, 5) is 12.9. The molecule has 0 radical (unpaired) electrons. The second-order valence-electron chi connectivity index (χ2n) is 4.52. The van der Waals surface area contributed by atoms with Crippen molar-refractivity contribution in [2.45, 2.75) is 6.10 Å². The molecular formula is C14H13FN2O3. The van der Waals surface area contributed by atoms with E-state index in [2.05, 4.69) is 0 Å². The van der Waals surface area contributed by atoms with Crippen molar-refractivity contribution in [3.63, 3.8) is 0 Å². The van der Waals surface area contributed by atoms with Gasteiger partial charge in [-0.2, -0.15) is 0 Å². The number of halogens is 1. The third kappa shape index (κ3) is 2.14. The van der Waals surface area contributed by atoms with Gasteiger partial charge in [0.25, 0.3) is 0 Å². The topological polar surface area (TPSA) is 54.7 Å². The molecule has 1 amide bonds. The van der Waals surface area contributed by atoms with E-state index >= 15 is 0 Å². The van der Waals surface area contributed by atoms with Crippen LogP contribution in [0.5, 0.6) is 0 Å². The molecule has 104 valence electrons. The molecular weight excluding hydrogens is 263 g/mol. The third-order valence-electron chi connectivity index (χ3n) is 3.20. The Morgan fingerprint density at radius 1 is 1.35 bits per heavy atom. The Balaban J connectivity index is 1.89. The minimum atomic E-state index is -0.572. The SMILES string of the molecule is O=C1O[C@H](CO)CN1c1ccc(-n2cccc2)c(F)c1. The van der Waals surface area contributed by atoms with Gasteiger partial charge in [0.2, 0.25) is 0 Å². The summed E-state index contributed by atoms with van der Waals surface area (Å²) in [6.07, 6.45) is 2.35. The first-order valence-electron chi connectivity index (χ1n) is 6.21. The quantitative estimate of drug-likeness (QED) is 0.932. The lowest BCUT2D eigenvalue weighted by molar-refractivity contribution is 0.0963. The van der Waals surface area contributed by atoms with Crippen LogP contribution < -0.4 is 4.90 Å². The Morgan fingerprint density at radius 2 is 2.10 bits per heavy atom. The van der Waals surface area contributed by atoms with Crippen molar-refractivity contribution >= 4 is 11.8 Å². The highest BCUT2D eigenvalue weighted by Crippen LogP contribution is 2.25. The van der Waals surface area contributed by atoms with E-state index in [1.807, 2.05) is 0 Å². The first-order chi connectivity index (χ1) is 9.69. The molecule has 1 aliphatic heterocycles. The van der Waals surface area contributed by atoms with Crippen molar-refractivity contribution in [1.29, 1.82) is 0 Å². The minimum absolute atomic E-state index is 0.220. The van der Waals surface area contributed by atoms with Gasteiger partial charge in [-0.05, 0) is 30.3 Å². The van der Waals surface area contributed by atoms with Gasteiger partial charge >= 0.3 is 6.09 Å². The van der Waals surface area contributed by atoms with Crippen molar-refractivity contribution in [3.05, 3.63) is 48.5 Å². The lowest BCUT2D eigenvalue weighted by Crippen LogP contribution is -2.25. The number of aromatic nitrogens is 1. The number of hydrogen-bond acceptors (Lipinski definition) is 3. The second kappa shape index (κ2) is 4.97. The number of benzene rings is 1. The average molecular weight is 276 g/mol. The number of carbonyl (C=O) groups is 1. The Bertz CT molecular complexity index is 627. The number of rotatable bonds is 3. The maximum absolute atomic E-state index is 14.1. The maximum Gasteiger partial charge on any atom is 0.414 e. The average Bonchev–Trinajstić information content (AvgIpc) is 3.07. The van der Waals surface area contributed by atoms with Crippen molar-refractivity contribution in [2.75, 3.05) is 18.1 Å². The maximum atomic E-state index is 14.1. The van der Waals surface area contributed by atoms with E-state index in [1.165, 1.54) is 11.0 Å². The lowest BCUT2D eigenvalue weighted by atomic mass is 10.2. The monoisotopic (exact) mass is 276 g/mol. The van der Waals surface area contributed by atoms with Crippen LogP contribution in [0.15, 0.2) is 42.7 Å². The summed E-state index contributed by atoms with van der Waals surface area (Å²) in [5, 5.41) is 8.99. The van der Waals surface area contributed by atoms with Gasteiger partial charge in [0.1, 0.15) is 11.9 Å². The molecule has 1 fully saturated rings. The number of aliphatic hydroxyl groups is 1. The largest absolute Gasteiger partial charge is 0.441 e. The Kier molecular flexibility index (Phi) is 3.15. The summed E-state index contributed by atoms with van der Waals surface area (Å²) in [7, 11) is 0. The van der Waals surface area contributed by atoms with Gasteiger partial charge < -0.3 is 14.4 Å². The smallest absolute Gasteiger partial charge is 0.414 e. The molecule has 1 aromatic carbocycles. The molecule has 20 heavy (non-hydrogen) atoms. The highest BCUT2D eigenvalue weighted by Gasteiger charge is 2.32. The summed E-state index contributed by atoms with van der Waals surface area (Å²) in [5.41, 5.74) is 0.823. The molecule has 1 saturated heterocycles. The fourth-order valence-corrected chi connectivity index (χ4v) is 2.20. The molecule has 2 aromatic rings. The molecule has 0 unspecified atom stereocenters. The Labute approximate surface area is 114 Å². The zero-order chi connectivity index (χ0) is 14.1. The van der Waals surface area contributed by atoms with Gasteiger partial charge in [0.15, 0.2) is 0 Å². The lowest BCUT2D eigenvalue weighted by Gasteiger charge is -2.14. The summed E-state index contributed by atoms with van der Waals surface area (Å²) < 4.78 is 20.7. The number of cyclic esters (lactones) is 1. The predicted molar refractivity (Wildman–Crippen MR) is 70.4 cm³/mol. The highest BCUT2D eigenvalue weighted by atomic mass is 19.1. The zero-order valence-electron chi connectivity index (χ0n) is 10.6. The number of ether oxygens (including phenoxy) is 1. The first kappa shape index (κ1) is 12.7. The van der Waals surface area contributed by atoms with Gasteiger partial charge in [-0.3, -0.25) is 4.90 Å². The molecule has 0 spiro atoms. The van der Waals surface area contributed by atoms with E-state index in [1.54, 1.807) is 41.2 Å². The Morgan fingerprint density at radius 3 is 2.70 bits per heavy atom. The van der Waals surface area contributed by atoms with Gasteiger partial charge in [-0.1, -0.05) is 0 Å². The van der Waals surface area contributed by atoms with Crippen LogP contribution in [0.2, 0.25) is 0 Å². The molecule has 0 saturated carbocycles. The van der Waals surface area contributed by atoms with Crippen LogP contribution in [-0.2, 0) is 4.74 Å². The fraction of sp³-hybridized carbons (Fsp3) is 0.214. The molecule has 1 aliphatic rings. The molecule has 3 rings (SSSR count). The first-order valence-corrected chi connectivity index (χ1v) is 6.21. The summed E-state index contributed by atoms with van der Waals surface area (Å²) in [5.74, 6) is -0.432. The van der Waals surface area contributed by atoms with Crippen molar-refractivity contribution in [1.82, 2.24) is 4.57 Å². The van der Waals surface area contributed by atoms with E-state index in [0.717, 1.165) is 0 Å². The van der Waals surface area contributed by atoms with Crippen LogP contribution in [0.4, 0.5) is 14.9 Å². The molecule has 6 heteroatoms. The van der Waals surface area contributed by atoms with Gasteiger partial charge in [-0.25, -0.2) is 9.18 Å². The van der Waals surface area contributed by atoms with Crippen LogP contribution >= 0.6 is 0 Å². The fourth-order valence-electron chi connectivity index (χ4n) is 2.20. The number of hydrogen-bond donors (Lipinski definition) is 1. The predicted octanol–water partition coefficient (Wildman–Crippen LogP) is 1.93. The van der Waals surface area contributed by atoms with E-state index in [-0.39, 0.29) is 13.2 Å². The standard InChI is InChI=1S/C14H13FN2O3/c15-12-7-10(17-8-11(9-18)20-14(17)19)3-4-13(12)16-5-1-2-6-16/h1-7,11,18H,8-9H2/t11-/m0/s1. The minimum Gasteiger partial charge on any atom is -0.441 e. The van der Waals surface area contributed by atoms with Gasteiger partial charge in [0, 0.05) is 12.4 Å². The van der Waals surface area contributed by atoms with Crippen LogP contribution in [0.25, 0.3) is 5.69 Å². The second-order valence-corrected chi connectivity index (χ2v) is 4.52. The Hall–Kier alpha value is -2.34. The molecule has 5 nitrogen and oxygen atoms in total. The normalized spacial score (nSPS) is 18.4. The number of amides is 1. The van der Waals surface area contributed by atoms with Crippen LogP contribution in [0.1, 0.15) is 0 Å². The van der Waals surface area contributed by atoms with Gasteiger partial charge in [-0.15, -0.1) is 0 Å². The van der Waals surface area contributed by atoms with E-state index in [0.29, 0.717) is 11.4 Å². The van der Waals surface area contributed by atoms with E-state index < -0.39 is 18.0 Å². The molecule has 0 bridgehead atoms. The number of aliphatic hydroxyl groups excluding tert-OH is 1. The van der Waals surface area contributed by atoms with Crippen molar-refractivity contribution in [2.24, 2.45) is 0 Å². The van der Waals surface area contributed by atoms with Crippen LogP contribution in [0, 0.1) is 5.82 Å². The van der Waals surface area contributed by atoms with E-state index in [9.17, 15) is 9.18 Å². The zero-order valence-corrected chi connectivity index (χ0v) is 10.6. The number of anilines is 1. The number of nitrogens with zero attached hydrogens (tertiary/aromatic N) is 2. The molecule has 1 N–H and O–H groups in total. The highest BCUT2D eigenvalue weighted by molar-refractivity contribution is 5.89. The summed E-state index contributed by atoms with van der Waals surface area (Å²) in [6, 6.07) is 8.15. The molecule has 1 aromatic heterocycles. The molecule has 1 atom stereocenters. The molecule has 2 heterocycles.